The molecular formula is C42H27FN4PdS. The first-order chi connectivity index (χ1) is 23.5. The van der Waals surface area contributed by atoms with Gasteiger partial charge in [0, 0.05) is 50.1 Å². The SMILES string of the molecule is CC1(C)c2ccccc2Sc2c1ccc1c2c2cccnc2n1-c1[c-]c(C(F)c2[c-]c3c(cc2)c2ccccc2n2ccnc32)ccc1.[Pd+2]. The van der Waals surface area contributed by atoms with E-state index >= 15 is 4.39 Å². The van der Waals surface area contributed by atoms with E-state index in [9.17, 15) is 0 Å². The van der Waals surface area contributed by atoms with Crippen LogP contribution in [0.5, 0.6) is 0 Å². The van der Waals surface area contributed by atoms with E-state index in [-0.39, 0.29) is 25.8 Å². The van der Waals surface area contributed by atoms with Gasteiger partial charge in [-0.2, -0.15) is 18.2 Å². The molecule has 1 aliphatic rings. The van der Waals surface area contributed by atoms with Crippen molar-refractivity contribution in [1.82, 2.24) is 18.9 Å². The second-order valence-corrected chi connectivity index (χ2v) is 14.0. The van der Waals surface area contributed by atoms with Gasteiger partial charge in [0.25, 0.3) is 0 Å². The molecule has 1 aliphatic heterocycles. The first-order valence-electron chi connectivity index (χ1n) is 16.1. The summed E-state index contributed by atoms with van der Waals surface area (Å²) in [4.78, 5) is 12.0. The van der Waals surface area contributed by atoms with Crippen molar-refractivity contribution in [1.29, 1.82) is 0 Å². The molecule has 0 saturated carbocycles. The molecule has 0 spiro atoms. The van der Waals surface area contributed by atoms with Crippen LogP contribution in [0, 0.1) is 12.1 Å². The van der Waals surface area contributed by atoms with Crippen LogP contribution < -0.4 is 0 Å². The number of fused-ring (bicyclic) bond motifs is 12. The molecule has 1 unspecified atom stereocenters. The van der Waals surface area contributed by atoms with E-state index < -0.39 is 6.17 Å². The smallest absolute Gasteiger partial charge is 0.340 e. The fourth-order valence-electron chi connectivity index (χ4n) is 7.64. The maximum absolute atomic E-state index is 16.6. The Morgan fingerprint density at radius 3 is 2.41 bits per heavy atom. The van der Waals surface area contributed by atoms with Gasteiger partial charge in [-0.3, -0.25) is 4.98 Å². The van der Waals surface area contributed by atoms with Crippen molar-refractivity contribution < 1.29 is 24.8 Å². The zero-order valence-corrected chi connectivity index (χ0v) is 28.9. The van der Waals surface area contributed by atoms with Crippen LogP contribution in [0.3, 0.4) is 0 Å². The first-order valence-corrected chi connectivity index (χ1v) is 16.9. The summed E-state index contributed by atoms with van der Waals surface area (Å²) in [5.41, 5.74) is 7.80. The van der Waals surface area contributed by atoms with Gasteiger partial charge in [0.05, 0.1) is 11.2 Å². The van der Waals surface area contributed by atoms with Crippen molar-refractivity contribution in [3.63, 3.8) is 0 Å². The van der Waals surface area contributed by atoms with E-state index in [1.807, 2.05) is 71.0 Å². The Morgan fingerprint density at radius 1 is 0.694 bits per heavy atom. The summed E-state index contributed by atoms with van der Waals surface area (Å²) in [6, 6.07) is 41.8. The monoisotopic (exact) mass is 744 g/mol. The number of hydrogen-bond donors (Lipinski definition) is 0. The molecule has 0 saturated heterocycles. The quantitative estimate of drug-likeness (QED) is 0.103. The predicted octanol–water partition coefficient (Wildman–Crippen LogP) is 10.6. The largest absolute Gasteiger partial charge is 2.00 e. The normalized spacial score (nSPS) is 14.3. The van der Waals surface area contributed by atoms with Gasteiger partial charge in [0.2, 0.25) is 0 Å². The van der Waals surface area contributed by atoms with Crippen LogP contribution in [0.2, 0.25) is 0 Å². The second-order valence-electron chi connectivity index (χ2n) is 13.0. The molecule has 49 heavy (non-hydrogen) atoms. The number of halogens is 1. The summed E-state index contributed by atoms with van der Waals surface area (Å²) >= 11 is 1.82. The Kier molecular flexibility index (Phi) is 6.87. The van der Waals surface area contributed by atoms with Gasteiger partial charge in [0.15, 0.2) is 0 Å². The van der Waals surface area contributed by atoms with E-state index in [1.165, 1.54) is 20.9 Å². The van der Waals surface area contributed by atoms with Crippen molar-refractivity contribution in [2.45, 2.75) is 35.2 Å². The Bertz CT molecular complexity index is 2780. The molecule has 0 radical (unpaired) electrons. The summed E-state index contributed by atoms with van der Waals surface area (Å²) < 4.78 is 20.8. The van der Waals surface area contributed by atoms with Crippen LogP contribution in [0.1, 0.15) is 42.3 Å². The molecule has 1 atom stereocenters. The molecule has 9 aromatic rings. The molecule has 0 amide bonds. The summed E-state index contributed by atoms with van der Waals surface area (Å²) in [6.07, 6.45) is 4.11. The van der Waals surface area contributed by atoms with Crippen molar-refractivity contribution in [3.05, 3.63) is 156 Å². The standard InChI is InChI=1S/C42H27FN4S.Pd/c1-42(2)32-13-4-6-15-36(32)48-39-33(42)18-19-35-37(39)30-12-8-20-44-41(30)47(35)27-10-7-9-25(23-27)38(43)26-16-17-28-29-11-3-5-14-34(29)46-22-21-45-40(46)31(28)24-26;/h3-22,38H,1-2H3;/q-2;+2. The number of alkyl halides is 1. The van der Waals surface area contributed by atoms with Crippen LogP contribution in [-0.2, 0) is 25.8 Å². The third-order valence-corrected chi connectivity index (χ3v) is 11.2. The fraction of sp³-hybridized carbons (Fsp3) is 0.0952. The zero-order valence-electron chi connectivity index (χ0n) is 26.5. The van der Waals surface area contributed by atoms with Crippen LogP contribution in [0.4, 0.5) is 4.39 Å². The van der Waals surface area contributed by atoms with Crippen LogP contribution in [0.25, 0.3) is 54.9 Å². The molecule has 0 bridgehead atoms. The summed E-state index contributed by atoms with van der Waals surface area (Å²) in [5.74, 6) is 0. The first kappa shape index (κ1) is 30.3. The van der Waals surface area contributed by atoms with Crippen molar-refractivity contribution in [2.24, 2.45) is 0 Å². The minimum atomic E-state index is -1.43. The topological polar surface area (TPSA) is 35.1 Å². The zero-order chi connectivity index (χ0) is 32.1. The van der Waals surface area contributed by atoms with Crippen LogP contribution in [0.15, 0.2) is 132 Å². The van der Waals surface area contributed by atoms with Crippen LogP contribution >= 0.6 is 11.8 Å². The molecule has 4 nitrogen and oxygen atoms in total. The Morgan fingerprint density at radius 2 is 1.49 bits per heavy atom. The number of benzene rings is 5. The van der Waals surface area contributed by atoms with Gasteiger partial charge in [-0.05, 0) is 46.8 Å². The predicted molar refractivity (Wildman–Crippen MR) is 192 cm³/mol. The molecule has 0 aliphatic carbocycles. The summed E-state index contributed by atoms with van der Waals surface area (Å²) in [7, 11) is 0. The van der Waals surface area contributed by atoms with E-state index in [1.54, 1.807) is 12.3 Å². The van der Waals surface area contributed by atoms with Gasteiger partial charge < -0.3 is 8.97 Å². The van der Waals surface area contributed by atoms with Gasteiger partial charge in [-0.15, -0.1) is 29.8 Å². The molecule has 0 fully saturated rings. The number of hydrogen-bond acceptors (Lipinski definition) is 3. The van der Waals surface area contributed by atoms with E-state index in [0.717, 1.165) is 54.9 Å². The molecular weight excluding hydrogens is 718 g/mol. The third-order valence-electron chi connectivity index (χ3n) is 9.97. The molecule has 7 heteroatoms. The summed E-state index contributed by atoms with van der Waals surface area (Å²) in [6.45, 7) is 4.60. The average Bonchev–Trinajstić information content (AvgIpc) is 3.75. The van der Waals surface area contributed by atoms with Gasteiger partial charge in [-0.25, -0.2) is 9.37 Å². The van der Waals surface area contributed by atoms with Crippen molar-refractivity contribution in [3.8, 4) is 5.69 Å². The molecule has 5 heterocycles. The maximum atomic E-state index is 16.6. The number of pyridine rings is 2. The number of nitrogens with zero attached hydrogens (tertiary/aromatic N) is 4. The third kappa shape index (κ3) is 4.33. The number of aromatic nitrogens is 4. The number of imidazole rings is 1. The van der Waals surface area contributed by atoms with Crippen molar-refractivity contribution in [2.75, 3.05) is 0 Å². The molecule has 238 valence electrons. The van der Waals surface area contributed by atoms with E-state index in [4.69, 9.17) is 4.98 Å². The molecule has 10 rings (SSSR count). The fourth-order valence-corrected chi connectivity index (χ4v) is 9.19. The number of para-hydroxylation sites is 1. The van der Waals surface area contributed by atoms with Gasteiger partial charge in [0.1, 0.15) is 11.8 Å². The molecule has 5 aromatic carbocycles. The number of rotatable bonds is 3. The Balaban J connectivity index is 0.00000325. The minimum absolute atomic E-state index is 0. The average molecular weight is 745 g/mol. The Labute approximate surface area is 300 Å². The summed E-state index contributed by atoms with van der Waals surface area (Å²) in [5, 5.41) is 5.12. The Hall–Kier alpha value is -4.80. The van der Waals surface area contributed by atoms with Crippen molar-refractivity contribution >= 4 is 61.0 Å². The maximum Gasteiger partial charge on any atom is 2.00 e. The minimum Gasteiger partial charge on any atom is -0.340 e. The van der Waals surface area contributed by atoms with Gasteiger partial charge >= 0.3 is 20.4 Å². The van der Waals surface area contributed by atoms with Crippen LogP contribution in [-0.4, -0.2) is 18.9 Å². The van der Waals surface area contributed by atoms with Gasteiger partial charge in [-0.1, -0.05) is 90.1 Å². The second kappa shape index (κ2) is 11.1. The molecule has 0 N–H and O–H groups in total. The van der Waals surface area contributed by atoms with E-state index in [0.29, 0.717) is 11.1 Å². The van der Waals surface area contributed by atoms with E-state index in [2.05, 4.69) is 90.1 Å². The molecule has 4 aromatic heterocycles.